The Morgan fingerprint density at radius 2 is 1.96 bits per heavy atom. The Hall–Kier alpha value is -2.67. The Morgan fingerprint density at radius 1 is 1.27 bits per heavy atom. The Bertz CT molecular complexity index is 832. The van der Waals surface area contributed by atoms with E-state index in [-0.39, 0.29) is 24.2 Å². The monoisotopic (exact) mass is 416 g/mol. The number of ether oxygens (including phenoxy) is 1. The fourth-order valence-electron chi connectivity index (χ4n) is 2.68. The van der Waals surface area contributed by atoms with Gasteiger partial charge in [0, 0.05) is 22.1 Å². The molecular formula is C19H19BrN3O3+. The highest BCUT2D eigenvalue weighted by Crippen LogP contribution is 2.16. The first-order valence-corrected chi connectivity index (χ1v) is 8.94. The van der Waals surface area contributed by atoms with Crippen LogP contribution in [0.1, 0.15) is 12.0 Å². The smallest absolute Gasteiger partial charge is 0.284 e. The standard InChI is InChI=1S/C19H18BrN3O3/c1-26-17-8-2-13(3-9-17)11-23-12-14(19(25)22-23)10-18(24)21-16-6-4-15(20)5-7-16/h2-9,11,14H,10,12H2,1H3,(H-,21,22,24,25)/p+1/b23-11-. The summed E-state index contributed by atoms with van der Waals surface area (Å²) in [5.74, 6) is 0.0505. The van der Waals surface area contributed by atoms with E-state index < -0.39 is 0 Å². The molecule has 1 aliphatic rings. The molecule has 1 aliphatic heterocycles. The molecule has 7 heteroatoms. The molecule has 0 aromatic heterocycles. The van der Waals surface area contributed by atoms with E-state index in [1.54, 1.807) is 23.9 Å². The minimum Gasteiger partial charge on any atom is -0.497 e. The number of methoxy groups -OCH3 is 1. The van der Waals surface area contributed by atoms with E-state index in [2.05, 4.69) is 26.7 Å². The van der Waals surface area contributed by atoms with E-state index >= 15 is 0 Å². The van der Waals surface area contributed by atoms with Crippen molar-refractivity contribution in [3.05, 3.63) is 58.6 Å². The van der Waals surface area contributed by atoms with Gasteiger partial charge >= 0.3 is 0 Å². The predicted molar refractivity (Wildman–Crippen MR) is 102 cm³/mol. The third kappa shape index (κ3) is 4.70. The number of nitrogens with one attached hydrogen (secondary N) is 2. The molecule has 6 nitrogen and oxygen atoms in total. The Balaban J connectivity index is 1.59. The molecule has 1 heterocycles. The molecule has 26 heavy (non-hydrogen) atoms. The lowest BCUT2D eigenvalue weighted by Gasteiger charge is -2.06. The molecule has 2 N–H and O–H groups in total. The zero-order chi connectivity index (χ0) is 18.5. The number of rotatable bonds is 5. The second-order valence-corrected chi connectivity index (χ2v) is 6.90. The highest BCUT2D eigenvalue weighted by Gasteiger charge is 2.35. The van der Waals surface area contributed by atoms with Gasteiger partial charge in [-0.3, -0.25) is 9.59 Å². The number of anilines is 1. The molecule has 0 saturated carbocycles. The molecule has 3 rings (SSSR count). The molecule has 2 aromatic rings. The van der Waals surface area contributed by atoms with Crippen LogP contribution in [0.4, 0.5) is 5.69 Å². The van der Waals surface area contributed by atoms with Gasteiger partial charge in [0.1, 0.15) is 11.7 Å². The van der Waals surface area contributed by atoms with Gasteiger partial charge in [-0.15, -0.1) is 10.1 Å². The number of benzene rings is 2. The molecule has 0 bridgehead atoms. The summed E-state index contributed by atoms with van der Waals surface area (Å²) in [4.78, 5) is 24.3. The van der Waals surface area contributed by atoms with Crippen molar-refractivity contribution in [3.63, 3.8) is 0 Å². The van der Waals surface area contributed by atoms with Crippen molar-refractivity contribution >= 4 is 39.6 Å². The largest absolute Gasteiger partial charge is 0.497 e. The van der Waals surface area contributed by atoms with Crippen molar-refractivity contribution in [2.75, 3.05) is 19.0 Å². The molecule has 2 amide bonds. The summed E-state index contributed by atoms with van der Waals surface area (Å²) < 4.78 is 7.78. The van der Waals surface area contributed by atoms with Gasteiger partial charge in [-0.2, -0.15) is 0 Å². The summed E-state index contributed by atoms with van der Waals surface area (Å²) in [5.41, 5.74) is 4.42. The summed E-state index contributed by atoms with van der Waals surface area (Å²) in [6.07, 6.45) is 1.97. The Labute approximate surface area is 160 Å². The van der Waals surface area contributed by atoms with E-state index in [1.807, 2.05) is 42.6 Å². The molecule has 1 unspecified atom stereocenters. The van der Waals surface area contributed by atoms with Crippen LogP contribution in [-0.2, 0) is 9.59 Å². The van der Waals surface area contributed by atoms with Crippen molar-refractivity contribution in [2.24, 2.45) is 5.92 Å². The van der Waals surface area contributed by atoms with Gasteiger partial charge < -0.3 is 10.1 Å². The predicted octanol–water partition coefficient (Wildman–Crippen LogP) is 2.58. The van der Waals surface area contributed by atoms with Crippen LogP contribution in [-0.4, -0.2) is 36.4 Å². The third-order valence-corrected chi connectivity index (χ3v) is 4.55. The van der Waals surface area contributed by atoms with Crippen molar-refractivity contribution < 1.29 is 19.0 Å². The van der Waals surface area contributed by atoms with E-state index in [0.29, 0.717) is 12.2 Å². The molecule has 0 aliphatic carbocycles. The average molecular weight is 417 g/mol. The van der Waals surface area contributed by atoms with E-state index in [4.69, 9.17) is 4.74 Å². The number of carbonyl (C=O) groups excluding carboxylic acids is 2. The summed E-state index contributed by atoms with van der Waals surface area (Å²) in [6, 6.07) is 14.8. The summed E-state index contributed by atoms with van der Waals surface area (Å²) in [5, 5.41) is 2.81. The van der Waals surface area contributed by atoms with Crippen molar-refractivity contribution in [1.29, 1.82) is 0 Å². The van der Waals surface area contributed by atoms with Crippen LogP contribution >= 0.6 is 15.9 Å². The van der Waals surface area contributed by atoms with Crippen molar-refractivity contribution in [1.82, 2.24) is 5.43 Å². The van der Waals surface area contributed by atoms with Gasteiger partial charge in [-0.1, -0.05) is 15.9 Å². The molecule has 0 radical (unpaired) electrons. The third-order valence-electron chi connectivity index (χ3n) is 4.02. The van der Waals surface area contributed by atoms with Gasteiger partial charge in [0.2, 0.25) is 12.1 Å². The summed E-state index contributed by atoms with van der Waals surface area (Å²) in [7, 11) is 1.61. The lowest BCUT2D eigenvalue weighted by Crippen LogP contribution is -2.26. The SMILES string of the molecule is COc1ccc(/C=[N+]2/CC(CC(=O)Nc3ccc(Br)cc3)C(=O)N2)cc1. The molecule has 134 valence electrons. The lowest BCUT2D eigenvalue weighted by molar-refractivity contribution is -0.556. The number of hydrogen-bond donors (Lipinski definition) is 2. The first-order valence-electron chi connectivity index (χ1n) is 8.15. The first kappa shape index (κ1) is 18.1. The van der Waals surface area contributed by atoms with E-state index in [9.17, 15) is 9.59 Å². The molecule has 0 spiro atoms. The van der Waals surface area contributed by atoms with Gasteiger partial charge in [-0.25, -0.2) is 0 Å². The van der Waals surface area contributed by atoms with Crippen molar-refractivity contribution in [3.8, 4) is 5.75 Å². The fraction of sp³-hybridized carbons (Fsp3) is 0.211. The topological polar surface area (TPSA) is 70.4 Å². The number of halogens is 1. The Kier molecular flexibility index (Phi) is 5.68. The van der Waals surface area contributed by atoms with Gasteiger partial charge in [0.25, 0.3) is 5.91 Å². The zero-order valence-corrected chi connectivity index (χ0v) is 15.8. The highest BCUT2D eigenvalue weighted by atomic mass is 79.9. The molecule has 1 saturated heterocycles. The second-order valence-electron chi connectivity index (χ2n) is 5.99. The molecule has 1 fully saturated rings. The number of amides is 2. The number of hydrazine groups is 1. The first-order chi connectivity index (χ1) is 12.5. The van der Waals surface area contributed by atoms with Gasteiger partial charge in [0.05, 0.1) is 7.11 Å². The van der Waals surface area contributed by atoms with Crippen LogP contribution in [0.5, 0.6) is 5.75 Å². The Morgan fingerprint density at radius 3 is 2.62 bits per heavy atom. The number of hydrogen-bond acceptors (Lipinski definition) is 3. The number of nitrogens with zero attached hydrogens (tertiary/aromatic N) is 1. The average Bonchev–Trinajstić information content (AvgIpc) is 2.96. The van der Waals surface area contributed by atoms with Crippen LogP contribution in [0.3, 0.4) is 0 Å². The lowest BCUT2D eigenvalue weighted by atomic mass is 10.1. The normalized spacial score (nSPS) is 17.8. The van der Waals surface area contributed by atoms with Crippen LogP contribution < -0.4 is 15.5 Å². The maximum atomic E-state index is 12.2. The van der Waals surface area contributed by atoms with Gasteiger partial charge in [-0.05, 0) is 48.5 Å². The van der Waals surface area contributed by atoms with Crippen LogP contribution in [0.15, 0.2) is 53.0 Å². The quantitative estimate of drug-likeness (QED) is 0.735. The zero-order valence-electron chi connectivity index (χ0n) is 14.2. The highest BCUT2D eigenvalue weighted by molar-refractivity contribution is 9.10. The molecule has 2 aromatic carbocycles. The van der Waals surface area contributed by atoms with E-state index in [1.165, 1.54) is 0 Å². The second kappa shape index (κ2) is 8.14. The molecular weight excluding hydrogens is 398 g/mol. The van der Waals surface area contributed by atoms with Crippen LogP contribution in [0, 0.1) is 5.92 Å². The minimum atomic E-state index is -0.389. The van der Waals surface area contributed by atoms with Crippen LogP contribution in [0.25, 0.3) is 0 Å². The van der Waals surface area contributed by atoms with Crippen LogP contribution in [0.2, 0.25) is 0 Å². The maximum absolute atomic E-state index is 12.2. The summed E-state index contributed by atoms with van der Waals surface area (Å²) in [6.45, 7) is 0.443. The number of carbonyl (C=O) groups is 2. The van der Waals surface area contributed by atoms with Gasteiger partial charge in [0.15, 0.2) is 6.54 Å². The fourth-order valence-corrected chi connectivity index (χ4v) is 2.94. The van der Waals surface area contributed by atoms with E-state index in [0.717, 1.165) is 15.8 Å². The maximum Gasteiger partial charge on any atom is 0.284 e. The van der Waals surface area contributed by atoms with Crippen molar-refractivity contribution in [2.45, 2.75) is 6.42 Å². The minimum absolute atomic E-state index is 0.134. The summed E-state index contributed by atoms with van der Waals surface area (Å²) >= 11 is 3.35. The molecule has 1 atom stereocenters. The number of hydrazone groups is 1.